The number of nitrogens with two attached hydrogens (primary N) is 1. The minimum Gasteiger partial charge on any atom is -0.453 e. The summed E-state index contributed by atoms with van der Waals surface area (Å²) in [7, 11) is 0. The number of esters is 1. The third-order valence-corrected chi connectivity index (χ3v) is 5.63. The summed E-state index contributed by atoms with van der Waals surface area (Å²) in [4.78, 5) is 36.3. The highest BCUT2D eigenvalue weighted by Crippen LogP contribution is 2.23. The van der Waals surface area contributed by atoms with Crippen LogP contribution < -0.4 is 11.1 Å². The van der Waals surface area contributed by atoms with Crippen molar-refractivity contribution in [2.45, 2.75) is 30.8 Å². The third kappa shape index (κ3) is 6.89. The summed E-state index contributed by atoms with van der Waals surface area (Å²) >= 11 is 8.62. The molecule has 0 aliphatic rings. The molecular formula is C18H19ClN2O4S2. The standard InChI is InChI=1S/C18H19ClN2O4S2/c1-11(17(24)21-18-14(16(20)23)8-10-27-18)25-15(22)3-2-9-26-13-6-4-12(19)5-7-13/h4-8,10-11H,2-3,9H2,1H3,(H2,20,23)(H,21,24). The molecule has 27 heavy (non-hydrogen) atoms. The van der Waals surface area contributed by atoms with E-state index in [9.17, 15) is 14.4 Å². The van der Waals surface area contributed by atoms with E-state index in [1.54, 1.807) is 17.1 Å². The molecule has 3 N–H and O–H groups in total. The Morgan fingerprint density at radius 3 is 2.63 bits per heavy atom. The first-order valence-electron chi connectivity index (χ1n) is 8.13. The Kier molecular flexibility index (Phi) is 8.15. The number of carbonyl (C=O) groups is 3. The minimum absolute atomic E-state index is 0.212. The molecule has 0 radical (unpaired) electrons. The van der Waals surface area contributed by atoms with Gasteiger partial charge in [-0.05, 0) is 54.8 Å². The number of benzene rings is 1. The van der Waals surface area contributed by atoms with Crippen LogP contribution in [0, 0.1) is 0 Å². The maximum atomic E-state index is 12.1. The van der Waals surface area contributed by atoms with Gasteiger partial charge in [-0.2, -0.15) is 0 Å². The fourth-order valence-electron chi connectivity index (χ4n) is 2.06. The number of thioether (sulfide) groups is 1. The molecule has 9 heteroatoms. The highest BCUT2D eigenvalue weighted by atomic mass is 35.5. The van der Waals surface area contributed by atoms with Gasteiger partial charge in [-0.1, -0.05) is 11.6 Å². The summed E-state index contributed by atoms with van der Waals surface area (Å²) in [6.07, 6.45) is -0.134. The van der Waals surface area contributed by atoms with Gasteiger partial charge in [0, 0.05) is 16.3 Å². The van der Waals surface area contributed by atoms with Crippen LogP contribution in [-0.4, -0.2) is 29.6 Å². The van der Waals surface area contributed by atoms with Crippen molar-refractivity contribution in [3.8, 4) is 0 Å². The van der Waals surface area contributed by atoms with E-state index in [0.717, 1.165) is 10.6 Å². The van der Waals surface area contributed by atoms with Gasteiger partial charge < -0.3 is 15.8 Å². The van der Waals surface area contributed by atoms with Crippen molar-refractivity contribution in [2.75, 3.05) is 11.1 Å². The van der Waals surface area contributed by atoms with Crippen molar-refractivity contribution in [2.24, 2.45) is 5.73 Å². The van der Waals surface area contributed by atoms with E-state index in [-0.39, 0.29) is 12.0 Å². The fraction of sp³-hybridized carbons (Fsp3) is 0.278. The molecule has 2 aromatic rings. The zero-order chi connectivity index (χ0) is 19.8. The summed E-state index contributed by atoms with van der Waals surface area (Å²) in [5, 5.41) is 5.22. The predicted molar refractivity (Wildman–Crippen MR) is 108 cm³/mol. The lowest BCUT2D eigenvalue weighted by Crippen LogP contribution is -2.30. The van der Waals surface area contributed by atoms with Crippen LogP contribution in [0.3, 0.4) is 0 Å². The van der Waals surface area contributed by atoms with Crippen molar-refractivity contribution in [1.82, 2.24) is 0 Å². The molecule has 1 aromatic carbocycles. The number of halogens is 1. The van der Waals surface area contributed by atoms with Crippen molar-refractivity contribution < 1.29 is 19.1 Å². The van der Waals surface area contributed by atoms with Crippen LogP contribution in [0.15, 0.2) is 40.6 Å². The van der Waals surface area contributed by atoms with E-state index in [4.69, 9.17) is 22.1 Å². The van der Waals surface area contributed by atoms with Gasteiger partial charge in [0.1, 0.15) is 5.00 Å². The monoisotopic (exact) mass is 426 g/mol. The number of hydrogen-bond acceptors (Lipinski definition) is 6. The number of nitrogens with one attached hydrogen (secondary N) is 1. The van der Waals surface area contributed by atoms with Crippen molar-refractivity contribution in [3.63, 3.8) is 0 Å². The van der Waals surface area contributed by atoms with E-state index >= 15 is 0 Å². The van der Waals surface area contributed by atoms with Crippen LogP contribution in [-0.2, 0) is 14.3 Å². The molecule has 144 valence electrons. The van der Waals surface area contributed by atoms with E-state index in [1.807, 2.05) is 24.3 Å². The highest BCUT2D eigenvalue weighted by Gasteiger charge is 2.20. The lowest BCUT2D eigenvalue weighted by Gasteiger charge is -2.13. The minimum atomic E-state index is -0.968. The molecule has 1 aromatic heterocycles. The van der Waals surface area contributed by atoms with Crippen LogP contribution in [0.25, 0.3) is 0 Å². The predicted octanol–water partition coefficient (Wildman–Crippen LogP) is 3.94. The summed E-state index contributed by atoms with van der Waals surface area (Å²) < 4.78 is 5.14. The van der Waals surface area contributed by atoms with Gasteiger partial charge in [0.25, 0.3) is 11.8 Å². The number of hydrogen-bond donors (Lipinski definition) is 2. The first kappa shape index (κ1) is 21.3. The lowest BCUT2D eigenvalue weighted by atomic mass is 10.3. The fourth-order valence-corrected chi connectivity index (χ4v) is 3.83. The summed E-state index contributed by atoms with van der Waals surface area (Å²) in [5.41, 5.74) is 5.46. The molecule has 1 unspecified atom stereocenters. The van der Waals surface area contributed by atoms with Gasteiger partial charge >= 0.3 is 5.97 Å². The number of anilines is 1. The Morgan fingerprint density at radius 1 is 1.26 bits per heavy atom. The van der Waals surface area contributed by atoms with Gasteiger partial charge in [0.05, 0.1) is 5.56 Å². The molecule has 2 amide bonds. The normalized spacial score (nSPS) is 11.6. The number of rotatable bonds is 9. The molecule has 0 spiro atoms. The summed E-state index contributed by atoms with van der Waals surface area (Å²) in [6.45, 7) is 1.48. The van der Waals surface area contributed by atoms with Gasteiger partial charge in [0.15, 0.2) is 6.10 Å². The molecule has 0 aliphatic heterocycles. The van der Waals surface area contributed by atoms with Crippen molar-refractivity contribution in [1.29, 1.82) is 0 Å². The molecular weight excluding hydrogens is 408 g/mol. The second kappa shape index (κ2) is 10.3. The average Bonchev–Trinajstić information content (AvgIpc) is 3.08. The second-order valence-corrected chi connectivity index (χ2v) is 8.08. The van der Waals surface area contributed by atoms with Crippen LogP contribution >= 0.6 is 34.7 Å². The van der Waals surface area contributed by atoms with Crippen molar-refractivity contribution in [3.05, 3.63) is 46.3 Å². The Bertz CT molecular complexity index is 808. The Balaban J connectivity index is 1.71. The number of thiophene rings is 1. The van der Waals surface area contributed by atoms with Crippen LogP contribution in [0.5, 0.6) is 0 Å². The Labute approximate surface area is 170 Å². The molecule has 6 nitrogen and oxygen atoms in total. The van der Waals surface area contributed by atoms with E-state index in [0.29, 0.717) is 16.4 Å². The average molecular weight is 427 g/mol. The number of ether oxygens (including phenoxy) is 1. The second-order valence-electron chi connectivity index (χ2n) is 5.55. The smallest absolute Gasteiger partial charge is 0.306 e. The van der Waals surface area contributed by atoms with E-state index in [2.05, 4.69) is 5.32 Å². The van der Waals surface area contributed by atoms with Crippen LogP contribution in [0.2, 0.25) is 5.02 Å². The molecule has 0 saturated heterocycles. The molecule has 0 aliphatic carbocycles. The Morgan fingerprint density at radius 2 is 1.96 bits per heavy atom. The zero-order valence-electron chi connectivity index (χ0n) is 14.6. The first-order chi connectivity index (χ1) is 12.9. The SMILES string of the molecule is CC(OC(=O)CCCSc1ccc(Cl)cc1)C(=O)Nc1sccc1C(N)=O. The van der Waals surface area contributed by atoms with Crippen LogP contribution in [0.1, 0.15) is 30.1 Å². The van der Waals surface area contributed by atoms with E-state index in [1.165, 1.54) is 24.3 Å². The molecule has 0 saturated carbocycles. The van der Waals surface area contributed by atoms with Crippen molar-refractivity contribution >= 4 is 57.5 Å². The summed E-state index contributed by atoms with van der Waals surface area (Å²) in [5.74, 6) is -0.844. The van der Waals surface area contributed by atoms with Gasteiger partial charge in [-0.15, -0.1) is 23.1 Å². The maximum absolute atomic E-state index is 12.1. The van der Waals surface area contributed by atoms with E-state index < -0.39 is 23.9 Å². The molecule has 1 heterocycles. The first-order valence-corrected chi connectivity index (χ1v) is 10.4. The largest absolute Gasteiger partial charge is 0.453 e. The van der Waals surface area contributed by atoms with Crippen LogP contribution in [0.4, 0.5) is 5.00 Å². The topological polar surface area (TPSA) is 98.5 Å². The number of amides is 2. The molecule has 2 rings (SSSR count). The van der Waals surface area contributed by atoms with Gasteiger partial charge in [-0.3, -0.25) is 14.4 Å². The zero-order valence-corrected chi connectivity index (χ0v) is 17.0. The third-order valence-electron chi connectivity index (χ3n) is 3.45. The van der Waals surface area contributed by atoms with Gasteiger partial charge in [0.2, 0.25) is 0 Å². The maximum Gasteiger partial charge on any atom is 0.306 e. The number of carbonyl (C=O) groups excluding carboxylic acids is 3. The molecule has 0 fully saturated rings. The quantitative estimate of drug-likeness (QED) is 0.359. The number of primary amides is 1. The summed E-state index contributed by atoms with van der Waals surface area (Å²) in [6, 6.07) is 8.99. The lowest BCUT2D eigenvalue weighted by molar-refractivity contribution is -0.153. The molecule has 1 atom stereocenters. The van der Waals surface area contributed by atoms with Gasteiger partial charge in [-0.25, -0.2) is 0 Å². The Hall–Kier alpha value is -2.03. The molecule has 0 bridgehead atoms. The highest BCUT2D eigenvalue weighted by molar-refractivity contribution is 7.99.